The first kappa shape index (κ1) is 24.8. The summed E-state index contributed by atoms with van der Waals surface area (Å²) in [6.45, 7) is 7.49. The number of alkyl halides is 3. The minimum Gasteiger partial charge on any atom is -0.491 e. The third kappa shape index (κ3) is 7.31. The topological polar surface area (TPSA) is 40.1 Å². The number of hydrogen-bond acceptors (Lipinski definition) is 3. The Kier molecular flexibility index (Phi) is 9.82. The molecule has 0 aliphatic carbocycles. The maximum atomic E-state index is 12.9. The average Bonchev–Trinajstić information content (AvgIpc) is 2.61. The highest BCUT2D eigenvalue weighted by Gasteiger charge is 2.41. The van der Waals surface area contributed by atoms with Crippen LogP contribution in [-0.2, 0) is 6.54 Å². The van der Waals surface area contributed by atoms with Gasteiger partial charge in [-0.15, -0.1) is 24.0 Å². The lowest BCUT2D eigenvalue weighted by atomic mass is 10.2. The standard InChI is InChI=1S/C19H29F3N4O.HI/c1-14(2)27-17-7-5-6-16(12-17)13-24-18(23-4)26-10-8-25(9-11-26)15(3)19(20,21)22;/h5-7,12,14-15H,8-11,13H2,1-4H3,(H,23,24);1H. The highest BCUT2D eigenvalue weighted by atomic mass is 127. The number of nitrogens with one attached hydrogen (secondary N) is 1. The molecule has 0 saturated carbocycles. The van der Waals surface area contributed by atoms with Gasteiger partial charge < -0.3 is 15.0 Å². The van der Waals surface area contributed by atoms with Crippen LogP contribution in [0.4, 0.5) is 13.2 Å². The van der Waals surface area contributed by atoms with Crippen molar-refractivity contribution in [2.75, 3.05) is 33.2 Å². The molecule has 1 saturated heterocycles. The molecular weight excluding hydrogens is 484 g/mol. The van der Waals surface area contributed by atoms with E-state index in [1.165, 1.54) is 11.8 Å². The molecule has 0 spiro atoms. The van der Waals surface area contributed by atoms with Crippen LogP contribution in [0.2, 0.25) is 0 Å². The smallest absolute Gasteiger partial charge is 0.403 e. The van der Waals surface area contributed by atoms with E-state index in [9.17, 15) is 13.2 Å². The molecule has 1 aliphatic heterocycles. The van der Waals surface area contributed by atoms with E-state index in [0.717, 1.165) is 11.3 Å². The second-order valence-electron chi connectivity index (χ2n) is 6.96. The highest BCUT2D eigenvalue weighted by molar-refractivity contribution is 14.0. The van der Waals surface area contributed by atoms with Crippen LogP contribution in [0.3, 0.4) is 0 Å². The van der Waals surface area contributed by atoms with Crippen LogP contribution in [0.15, 0.2) is 29.3 Å². The third-order valence-corrected chi connectivity index (χ3v) is 4.57. The molecule has 0 amide bonds. The largest absolute Gasteiger partial charge is 0.491 e. The van der Waals surface area contributed by atoms with Crippen molar-refractivity contribution in [3.05, 3.63) is 29.8 Å². The predicted molar refractivity (Wildman–Crippen MR) is 116 cm³/mol. The summed E-state index contributed by atoms with van der Waals surface area (Å²) in [5.74, 6) is 1.51. The third-order valence-electron chi connectivity index (χ3n) is 4.57. The molecule has 160 valence electrons. The maximum absolute atomic E-state index is 12.9. The fourth-order valence-corrected chi connectivity index (χ4v) is 3.04. The van der Waals surface area contributed by atoms with Crippen LogP contribution in [0.25, 0.3) is 0 Å². The zero-order valence-corrected chi connectivity index (χ0v) is 19.1. The molecule has 28 heavy (non-hydrogen) atoms. The Morgan fingerprint density at radius 2 is 1.82 bits per heavy atom. The second-order valence-corrected chi connectivity index (χ2v) is 6.96. The number of halogens is 4. The molecule has 0 bridgehead atoms. The van der Waals surface area contributed by atoms with Crippen LogP contribution < -0.4 is 10.1 Å². The molecule has 1 aromatic carbocycles. The lowest BCUT2D eigenvalue weighted by molar-refractivity contribution is -0.181. The monoisotopic (exact) mass is 514 g/mol. The van der Waals surface area contributed by atoms with Gasteiger partial charge >= 0.3 is 6.18 Å². The number of hydrogen-bond donors (Lipinski definition) is 1. The fourth-order valence-electron chi connectivity index (χ4n) is 3.04. The van der Waals surface area contributed by atoms with Crippen molar-refractivity contribution in [1.29, 1.82) is 0 Å². The quantitative estimate of drug-likeness (QED) is 0.370. The summed E-state index contributed by atoms with van der Waals surface area (Å²) in [6.07, 6.45) is -4.08. The van der Waals surface area contributed by atoms with E-state index >= 15 is 0 Å². The van der Waals surface area contributed by atoms with Gasteiger partial charge in [-0.2, -0.15) is 13.2 Å². The van der Waals surface area contributed by atoms with E-state index in [1.54, 1.807) is 7.05 Å². The minimum atomic E-state index is -4.19. The van der Waals surface area contributed by atoms with Crippen LogP contribution in [0.1, 0.15) is 26.3 Å². The van der Waals surface area contributed by atoms with E-state index in [2.05, 4.69) is 10.3 Å². The maximum Gasteiger partial charge on any atom is 0.403 e. The van der Waals surface area contributed by atoms with E-state index in [-0.39, 0.29) is 30.1 Å². The van der Waals surface area contributed by atoms with E-state index < -0.39 is 12.2 Å². The van der Waals surface area contributed by atoms with Crippen LogP contribution in [0, 0.1) is 0 Å². The molecule has 1 atom stereocenters. The van der Waals surface area contributed by atoms with Crippen molar-refractivity contribution in [3.8, 4) is 5.75 Å². The van der Waals surface area contributed by atoms with Gasteiger partial charge in [0.1, 0.15) is 11.8 Å². The number of benzene rings is 1. The van der Waals surface area contributed by atoms with Crippen molar-refractivity contribution in [2.45, 2.75) is 45.6 Å². The van der Waals surface area contributed by atoms with E-state index in [1.807, 2.05) is 43.0 Å². The molecule has 1 fully saturated rings. The van der Waals surface area contributed by atoms with Crippen molar-refractivity contribution >= 4 is 29.9 Å². The number of guanidine groups is 1. The van der Waals surface area contributed by atoms with Crippen LogP contribution >= 0.6 is 24.0 Å². The van der Waals surface area contributed by atoms with Gasteiger partial charge in [-0.25, -0.2) is 0 Å². The Balaban J connectivity index is 0.00000392. The Bertz CT molecular complexity index is 632. The average molecular weight is 514 g/mol. The number of nitrogens with zero attached hydrogens (tertiary/aromatic N) is 3. The summed E-state index contributed by atoms with van der Waals surface area (Å²) in [4.78, 5) is 7.74. The second kappa shape index (κ2) is 11.1. The molecule has 2 rings (SSSR count). The van der Waals surface area contributed by atoms with Gasteiger partial charge in [0.15, 0.2) is 5.96 Å². The van der Waals surface area contributed by atoms with Crippen molar-refractivity contribution in [1.82, 2.24) is 15.1 Å². The van der Waals surface area contributed by atoms with Gasteiger partial charge in [0.2, 0.25) is 0 Å². The first-order valence-corrected chi connectivity index (χ1v) is 9.22. The molecule has 1 heterocycles. The van der Waals surface area contributed by atoms with Crippen LogP contribution in [-0.4, -0.2) is 67.3 Å². The zero-order valence-electron chi connectivity index (χ0n) is 16.8. The van der Waals surface area contributed by atoms with Crippen molar-refractivity contribution in [2.24, 2.45) is 4.99 Å². The number of ether oxygens (including phenoxy) is 1. The molecule has 0 radical (unpaired) electrons. The molecule has 0 aromatic heterocycles. The Morgan fingerprint density at radius 3 is 2.36 bits per heavy atom. The molecule has 1 aromatic rings. The van der Waals surface area contributed by atoms with E-state index in [4.69, 9.17) is 4.74 Å². The summed E-state index contributed by atoms with van der Waals surface area (Å²) < 4.78 is 44.3. The van der Waals surface area contributed by atoms with Gasteiger partial charge in [0.25, 0.3) is 0 Å². The van der Waals surface area contributed by atoms with Crippen molar-refractivity contribution < 1.29 is 17.9 Å². The Morgan fingerprint density at radius 1 is 1.18 bits per heavy atom. The lowest BCUT2D eigenvalue weighted by Gasteiger charge is -2.39. The number of aliphatic imine (C=N–C) groups is 1. The van der Waals surface area contributed by atoms with Gasteiger partial charge in [0, 0.05) is 39.8 Å². The minimum absolute atomic E-state index is 0. The van der Waals surface area contributed by atoms with Gasteiger partial charge in [-0.3, -0.25) is 9.89 Å². The first-order chi connectivity index (χ1) is 12.7. The van der Waals surface area contributed by atoms with Gasteiger partial charge in [-0.1, -0.05) is 12.1 Å². The zero-order chi connectivity index (χ0) is 20.0. The molecule has 1 aliphatic rings. The number of piperazine rings is 1. The van der Waals surface area contributed by atoms with Crippen LogP contribution in [0.5, 0.6) is 5.75 Å². The van der Waals surface area contributed by atoms with Gasteiger partial charge in [0.05, 0.1) is 6.10 Å². The summed E-state index contributed by atoms with van der Waals surface area (Å²) >= 11 is 0. The molecule has 1 unspecified atom stereocenters. The number of rotatable bonds is 5. The summed E-state index contributed by atoms with van der Waals surface area (Å²) in [7, 11) is 1.69. The predicted octanol–water partition coefficient (Wildman–Crippen LogP) is 3.74. The summed E-state index contributed by atoms with van der Waals surface area (Å²) in [6, 6.07) is 6.41. The summed E-state index contributed by atoms with van der Waals surface area (Å²) in [5.41, 5.74) is 1.05. The highest BCUT2D eigenvalue weighted by Crippen LogP contribution is 2.25. The molecule has 1 N–H and O–H groups in total. The van der Waals surface area contributed by atoms with Gasteiger partial charge in [-0.05, 0) is 38.5 Å². The Hall–Kier alpha value is -1.23. The first-order valence-electron chi connectivity index (χ1n) is 9.22. The van der Waals surface area contributed by atoms with Crippen molar-refractivity contribution in [3.63, 3.8) is 0 Å². The fraction of sp³-hybridized carbons (Fsp3) is 0.632. The summed E-state index contributed by atoms with van der Waals surface area (Å²) in [5, 5.41) is 3.29. The lowest BCUT2D eigenvalue weighted by Crippen LogP contribution is -2.56. The Labute approximate surface area is 182 Å². The normalized spacial score (nSPS) is 17.3. The SMILES string of the molecule is CN=C(NCc1cccc(OC(C)C)c1)N1CCN(C(C)C(F)(F)F)CC1.I. The van der Waals surface area contributed by atoms with E-state index in [0.29, 0.717) is 38.7 Å². The molecule has 5 nitrogen and oxygen atoms in total. The molecule has 9 heteroatoms. The molecular formula is C19H30F3IN4O.